The molecular weight excluding hydrogens is 314 g/mol. The Balaban J connectivity index is 2.02. The summed E-state index contributed by atoms with van der Waals surface area (Å²) in [5.41, 5.74) is 0.0719. The number of benzene rings is 1. The number of carbonyl (C=O) groups is 1. The van der Waals surface area contributed by atoms with Crippen molar-refractivity contribution in [2.24, 2.45) is 0 Å². The van der Waals surface area contributed by atoms with Crippen LogP contribution in [0.25, 0.3) is 0 Å². The highest BCUT2D eigenvalue weighted by molar-refractivity contribution is 5.94. The normalized spacial score (nSPS) is 10.7. The molecule has 5 nitrogen and oxygen atoms in total. The molecule has 24 heavy (non-hydrogen) atoms. The molecule has 0 radical (unpaired) electrons. The van der Waals surface area contributed by atoms with Gasteiger partial charge in [0.05, 0.1) is 0 Å². The van der Waals surface area contributed by atoms with Crippen molar-refractivity contribution in [1.29, 1.82) is 0 Å². The van der Waals surface area contributed by atoms with E-state index in [4.69, 9.17) is 0 Å². The Morgan fingerprint density at radius 2 is 1.92 bits per heavy atom. The minimum Gasteiger partial charge on any atom is -0.352 e. The molecule has 1 amide bonds. The van der Waals surface area contributed by atoms with Crippen LogP contribution in [0.15, 0.2) is 36.5 Å². The summed E-state index contributed by atoms with van der Waals surface area (Å²) < 4.78 is 27.3. The van der Waals surface area contributed by atoms with E-state index in [0.717, 1.165) is 25.1 Å². The monoisotopic (exact) mass is 334 g/mol. The van der Waals surface area contributed by atoms with E-state index in [1.54, 1.807) is 6.07 Å². The average molecular weight is 334 g/mol. The number of halogens is 2. The van der Waals surface area contributed by atoms with E-state index in [-0.39, 0.29) is 17.4 Å². The maximum absolute atomic E-state index is 13.7. The third-order valence-electron chi connectivity index (χ3n) is 3.31. The molecule has 0 saturated heterocycles. The van der Waals surface area contributed by atoms with Crippen molar-refractivity contribution < 1.29 is 13.6 Å². The van der Waals surface area contributed by atoms with Crippen molar-refractivity contribution in [2.45, 2.75) is 6.42 Å². The molecule has 0 spiro atoms. The van der Waals surface area contributed by atoms with Crippen LogP contribution in [-0.2, 0) is 0 Å². The Kier molecular flexibility index (Phi) is 6.20. The molecule has 2 N–H and O–H groups in total. The first-order valence-electron chi connectivity index (χ1n) is 7.57. The van der Waals surface area contributed by atoms with Crippen LogP contribution in [0.2, 0.25) is 0 Å². The Morgan fingerprint density at radius 3 is 2.58 bits per heavy atom. The van der Waals surface area contributed by atoms with Gasteiger partial charge in [0.15, 0.2) is 0 Å². The molecule has 1 heterocycles. The Hall–Kier alpha value is -2.54. The van der Waals surface area contributed by atoms with E-state index in [1.807, 2.05) is 19.0 Å². The van der Waals surface area contributed by atoms with Gasteiger partial charge in [-0.1, -0.05) is 6.07 Å². The second kappa shape index (κ2) is 8.35. The van der Waals surface area contributed by atoms with Crippen molar-refractivity contribution >= 4 is 17.4 Å². The highest BCUT2D eigenvalue weighted by Gasteiger charge is 2.11. The molecule has 0 aliphatic heterocycles. The molecule has 0 unspecified atom stereocenters. The minimum absolute atomic E-state index is 0.194. The summed E-state index contributed by atoms with van der Waals surface area (Å²) in [6.45, 7) is 1.42. The van der Waals surface area contributed by atoms with Crippen LogP contribution in [-0.4, -0.2) is 43.0 Å². The van der Waals surface area contributed by atoms with Gasteiger partial charge in [0.25, 0.3) is 5.91 Å². The number of anilines is 2. The van der Waals surface area contributed by atoms with E-state index in [0.29, 0.717) is 12.1 Å². The molecule has 0 atom stereocenters. The molecule has 2 rings (SSSR count). The number of rotatable bonds is 7. The first-order chi connectivity index (χ1) is 11.5. The predicted octanol–water partition coefficient (Wildman–Crippen LogP) is 2.78. The van der Waals surface area contributed by atoms with E-state index < -0.39 is 11.6 Å². The van der Waals surface area contributed by atoms with E-state index in [2.05, 4.69) is 15.6 Å². The van der Waals surface area contributed by atoms with Gasteiger partial charge in [0.1, 0.15) is 23.1 Å². The summed E-state index contributed by atoms with van der Waals surface area (Å²) in [7, 11) is 3.93. The predicted molar refractivity (Wildman–Crippen MR) is 89.4 cm³/mol. The fourth-order valence-electron chi connectivity index (χ4n) is 2.08. The zero-order valence-electron chi connectivity index (χ0n) is 13.6. The number of carbonyl (C=O) groups excluding carboxylic acids is 1. The molecule has 1 aromatic heterocycles. The van der Waals surface area contributed by atoms with Gasteiger partial charge in [-0.25, -0.2) is 13.8 Å². The lowest BCUT2D eigenvalue weighted by Gasteiger charge is -2.11. The number of nitrogens with one attached hydrogen (secondary N) is 2. The number of pyridine rings is 1. The molecular formula is C17H20F2N4O. The second-order valence-corrected chi connectivity index (χ2v) is 5.56. The SMILES string of the molecule is CN(C)CCCNC(=O)c1ccnc(Nc2c(F)cccc2F)c1. The van der Waals surface area contributed by atoms with Crippen LogP contribution in [0.1, 0.15) is 16.8 Å². The van der Waals surface area contributed by atoms with Gasteiger partial charge in [-0.15, -0.1) is 0 Å². The molecule has 0 saturated carbocycles. The van der Waals surface area contributed by atoms with Crippen molar-refractivity contribution in [3.8, 4) is 0 Å². The van der Waals surface area contributed by atoms with Crippen LogP contribution >= 0.6 is 0 Å². The summed E-state index contributed by atoms with van der Waals surface area (Å²) in [6, 6.07) is 6.57. The zero-order valence-corrected chi connectivity index (χ0v) is 13.6. The van der Waals surface area contributed by atoms with Crippen molar-refractivity contribution in [1.82, 2.24) is 15.2 Å². The fourth-order valence-corrected chi connectivity index (χ4v) is 2.08. The van der Waals surface area contributed by atoms with Crippen LogP contribution in [0.3, 0.4) is 0 Å². The zero-order chi connectivity index (χ0) is 17.5. The van der Waals surface area contributed by atoms with Crippen LogP contribution in [0, 0.1) is 11.6 Å². The van der Waals surface area contributed by atoms with Crippen LogP contribution < -0.4 is 10.6 Å². The largest absolute Gasteiger partial charge is 0.352 e. The quantitative estimate of drug-likeness (QED) is 0.765. The number of amides is 1. The van der Waals surface area contributed by atoms with Gasteiger partial charge in [-0.05, 0) is 51.3 Å². The van der Waals surface area contributed by atoms with Crippen molar-refractivity contribution in [2.75, 3.05) is 32.5 Å². The van der Waals surface area contributed by atoms with E-state index >= 15 is 0 Å². The molecule has 2 aromatic rings. The first kappa shape index (κ1) is 17.8. The van der Waals surface area contributed by atoms with Gasteiger partial charge in [0.2, 0.25) is 0 Å². The Morgan fingerprint density at radius 1 is 1.21 bits per heavy atom. The first-order valence-corrected chi connectivity index (χ1v) is 7.57. The molecule has 0 aliphatic rings. The second-order valence-electron chi connectivity index (χ2n) is 5.56. The van der Waals surface area contributed by atoms with Crippen molar-refractivity contribution in [3.05, 3.63) is 53.7 Å². The van der Waals surface area contributed by atoms with Crippen LogP contribution in [0.5, 0.6) is 0 Å². The summed E-state index contributed by atoms with van der Waals surface area (Å²) in [4.78, 5) is 18.1. The maximum atomic E-state index is 13.7. The third kappa shape index (κ3) is 4.99. The average Bonchev–Trinajstić information content (AvgIpc) is 2.55. The number of aromatic nitrogens is 1. The number of nitrogens with zero attached hydrogens (tertiary/aromatic N) is 2. The highest BCUT2D eigenvalue weighted by atomic mass is 19.1. The molecule has 7 heteroatoms. The van der Waals surface area contributed by atoms with Gasteiger partial charge in [-0.2, -0.15) is 0 Å². The molecule has 0 bridgehead atoms. The number of hydrogen-bond acceptors (Lipinski definition) is 4. The standard InChI is InChI=1S/C17H20F2N4O/c1-23(2)10-4-8-21-17(24)12-7-9-20-15(11-12)22-16-13(18)5-3-6-14(16)19/h3,5-7,9,11H,4,8,10H2,1-2H3,(H,20,22)(H,21,24). The highest BCUT2D eigenvalue weighted by Crippen LogP contribution is 2.22. The Bertz CT molecular complexity index is 686. The van der Waals surface area contributed by atoms with Crippen molar-refractivity contribution in [3.63, 3.8) is 0 Å². The summed E-state index contributed by atoms with van der Waals surface area (Å²) >= 11 is 0. The lowest BCUT2D eigenvalue weighted by atomic mass is 10.2. The molecule has 0 fully saturated rings. The lowest BCUT2D eigenvalue weighted by molar-refractivity contribution is 0.0952. The van der Waals surface area contributed by atoms with E-state index in [1.165, 1.54) is 18.3 Å². The lowest BCUT2D eigenvalue weighted by Crippen LogP contribution is -2.27. The summed E-state index contributed by atoms with van der Waals surface area (Å²) in [6.07, 6.45) is 2.24. The van der Waals surface area contributed by atoms with E-state index in [9.17, 15) is 13.6 Å². The van der Waals surface area contributed by atoms with Gasteiger partial charge in [0, 0.05) is 18.3 Å². The summed E-state index contributed by atoms with van der Waals surface area (Å²) in [5.74, 6) is -1.51. The molecule has 1 aromatic carbocycles. The smallest absolute Gasteiger partial charge is 0.251 e. The molecule has 0 aliphatic carbocycles. The topological polar surface area (TPSA) is 57.3 Å². The number of hydrogen-bond donors (Lipinski definition) is 2. The Labute approximate surface area is 139 Å². The van der Waals surface area contributed by atoms with Gasteiger partial charge < -0.3 is 15.5 Å². The maximum Gasteiger partial charge on any atom is 0.251 e. The molecule has 128 valence electrons. The fraction of sp³-hybridized carbons (Fsp3) is 0.294. The minimum atomic E-state index is -0.727. The van der Waals surface area contributed by atoms with Crippen LogP contribution in [0.4, 0.5) is 20.3 Å². The van der Waals surface area contributed by atoms with Gasteiger partial charge in [-0.3, -0.25) is 4.79 Å². The van der Waals surface area contributed by atoms with Gasteiger partial charge >= 0.3 is 0 Å². The third-order valence-corrected chi connectivity index (χ3v) is 3.31. The summed E-state index contributed by atoms with van der Waals surface area (Å²) in [5, 5.41) is 5.37. The number of para-hydroxylation sites is 1.